The first-order chi connectivity index (χ1) is 15.1. The monoisotopic (exact) mass is 423 g/mol. The molecular formula is C24H29N3O4. The summed E-state index contributed by atoms with van der Waals surface area (Å²) < 4.78 is 10.7. The third-order valence-electron chi connectivity index (χ3n) is 5.87. The van der Waals surface area contributed by atoms with Gasteiger partial charge in [0.15, 0.2) is 11.5 Å². The molecule has 2 aliphatic rings. The van der Waals surface area contributed by atoms with E-state index in [2.05, 4.69) is 10.2 Å². The minimum absolute atomic E-state index is 0.00949. The number of nitrogens with one attached hydrogen (secondary N) is 1. The highest BCUT2D eigenvalue weighted by Gasteiger charge is 2.23. The average Bonchev–Trinajstić information content (AvgIpc) is 3.28. The van der Waals surface area contributed by atoms with Crippen LogP contribution < -0.4 is 19.7 Å². The van der Waals surface area contributed by atoms with Crippen molar-refractivity contribution in [3.05, 3.63) is 47.5 Å². The van der Waals surface area contributed by atoms with E-state index in [1.165, 1.54) is 6.42 Å². The van der Waals surface area contributed by atoms with Gasteiger partial charge in [0.25, 0.3) is 11.8 Å². The fraction of sp³-hybridized carbons (Fsp3) is 0.417. The number of hydrogen-bond donors (Lipinski definition) is 1. The van der Waals surface area contributed by atoms with Gasteiger partial charge in [-0.3, -0.25) is 9.59 Å². The standard InChI is InChI=1S/C24H29N3O4/c1-3-26(4-2)24(29)19-15-18(9-10-20(19)27-12-6-5-7-13-27)25-23(28)17-8-11-21-22(14-17)31-16-30-21/h8-11,14-15H,3-7,12-13,16H2,1-2H3,(H,25,28). The third-order valence-corrected chi connectivity index (χ3v) is 5.87. The van der Waals surface area contributed by atoms with Gasteiger partial charge >= 0.3 is 0 Å². The van der Waals surface area contributed by atoms with Gasteiger partial charge in [0, 0.05) is 43.1 Å². The van der Waals surface area contributed by atoms with E-state index in [1.54, 1.807) is 24.3 Å². The van der Waals surface area contributed by atoms with Crippen molar-refractivity contribution in [2.45, 2.75) is 33.1 Å². The predicted octanol–water partition coefficient (Wildman–Crippen LogP) is 4.14. The highest BCUT2D eigenvalue weighted by Crippen LogP contribution is 2.33. The average molecular weight is 424 g/mol. The third kappa shape index (κ3) is 4.45. The molecule has 0 saturated carbocycles. The Labute approximate surface area is 182 Å². The van der Waals surface area contributed by atoms with Crippen molar-refractivity contribution in [2.75, 3.05) is 43.2 Å². The molecular weight excluding hydrogens is 394 g/mol. The zero-order valence-corrected chi connectivity index (χ0v) is 18.1. The maximum Gasteiger partial charge on any atom is 0.256 e. The molecule has 7 nitrogen and oxygen atoms in total. The van der Waals surface area contributed by atoms with Crippen molar-refractivity contribution < 1.29 is 19.1 Å². The van der Waals surface area contributed by atoms with E-state index in [4.69, 9.17) is 9.47 Å². The van der Waals surface area contributed by atoms with E-state index in [1.807, 2.05) is 30.9 Å². The Morgan fingerprint density at radius 2 is 1.71 bits per heavy atom. The van der Waals surface area contributed by atoms with Gasteiger partial charge in [-0.05, 0) is 69.5 Å². The summed E-state index contributed by atoms with van der Waals surface area (Å²) in [4.78, 5) is 30.2. The maximum absolute atomic E-state index is 13.3. The van der Waals surface area contributed by atoms with E-state index in [0.29, 0.717) is 41.4 Å². The van der Waals surface area contributed by atoms with Crippen molar-refractivity contribution >= 4 is 23.2 Å². The number of nitrogens with zero attached hydrogens (tertiary/aromatic N) is 2. The fourth-order valence-corrected chi connectivity index (χ4v) is 4.12. The van der Waals surface area contributed by atoms with Crippen LogP contribution in [0.1, 0.15) is 53.8 Å². The van der Waals surface area contributed by atoms with Crippen molar-refractivity contribution in [1.29, 1.82) is 0 Å². The fourth-order valence-electron chi connectivity index (χ4n) is 4.12. The smallest absolute Gasteiger partial charge is 0.256 e. The van der Waals surface area contributed by atoms with Crippen LogP contribution in [-0.4, -0.2) is 49.7 Å². The van der Waals surface area contributed by atoms with Crippen LogP contribution in [0.5, 0.6) is 11.5 Å². The van der Waals surface area contributed by atoms with Gasteiger partial charge in [-0.15, -0.1) is 0 Å². The van der Waals surface area contributed by atoms with Gasteiger partial charge in [-0.1, -0.05) is 0 Å². The van der Waals surface area contributed by atoms with Crippen molar-refractivity contribution in [3.8, 4) is 11.5 Å². The van der Waals surface area contributed by atoms with Crippen molar-refractivity contribution in [1.82, 2.24) is 4.90 Å². The number of amides is 2. The molecule has 0 spiro atoms. The molecule has 1 N–H and O–H groups in total. The molecule has 2 aromatic carbocycles. The molecule has 0 unspecified atom stereocenters. The SMILES string of the molecule is CCN(CC)C(=O)c1cc(NC(=O)c2ccc3c(c2)OCO3)ccc1N1CCCCC1. The van der Waals surface area contributed by atoms with Gasteiger partial charge in [0.1, 0.15) is 0 Å². The van der Waals surface area contributed by atoms with Gasteiger partial charge < -0.3 is 24.6 Å². The molecule has 164 valence electrons. The molecule has 31 heavy (non-hydrogen) atoms. The lowest BCUT2D eigenvalue weighted by Gasteiger charge is -2.31. The van der Waals surface area contributed by atoms with E-state index in [-0.39, 0.29) is 18.6 Å². The highest BCUT2D eigenvalue weighted by atomic mass is 16.7. The first-order valence-corrected chi connectivity index (χ1v) is 11.0. The quantitative estimate of drug-likeness (QED) is 0.756. The van der Waals surface area contributed by atoms with Gasteiger partial charge in [-0.2, -0.15) is 0 Å². The van der Waals surface area contributed by atoms with E-state index >= 15 is 0 Å². The van der Waals surface area contributed by atoms with Crippen LogP contribution in [-0.2, 0) is 0 Å². The molecule has 2 amide bonds. The highest BCUT2D eigenvalue weighted by molar-refractivity contribution is 6.06. The molecule has 2 aromatic rings. The Bertz CT molecular complexity index is 965. The molecule has 1 saturated heterocycles. The molecule has 0 radical (unpaired) electrons. The number of anilines is 2. The number of hydrogen-bond acceptors (Lipinski definition) is 5. The van der Waals surface area contributed by atoms with Gasteiger partial charge in [0.2, 0.25) is 6.79 Å². The summed E-state index contributed by atoms with van der Waals surface area (Å²) in [5, 5.41) is 2.93. The topological polar surface area (TPSA) is 71.1 Å². The summed E-state index contributed by atoms with van der Waals surface area (Å²) in [5.41, 5.74) is 2.65. The lowest BCUT2D eigenvalue weighted by Crippen LogP contribution is -2.35. The lowest BCUT2D eigenvalue weighted by molar-refractivity contribution is 0.0773. The molecule has 7 heteroatoms. The summed E-state index contributed by atoms with van der Waals surface area (Å²) in [5.74, 6) is 0.926. The maximum atomic E-state index is 13.3. The molecule has 2 aliphatic heterocycles. The van der Waals surface area contributed by atoms with Crippen LogP contribution in [0.25, 0.3) is 0 Å². The second-order valence-electron chi connectivity index (χ2n) is 7.78. The van der Waals surface area contributed by atoms with Gasteiger partial charge in [0.05, 0.1) is 5.56 Å². The molecule has 1 fully saturated rings. The van der Waals surface area contributed by atoms with Crippen LogP contribution in [0.15, 0.2) is 36.4 Å². The van der Waals surface area contributed by atoms with Crippen LogP contribution in [0.4, 0.5) is 11.4 Å². The van der Waals surface area contributed by atoms with Crippen LogP contribution in [0, 0.1) is 0 Å². The first kappa shape index (κ1) is 21.0. The molecule has 0 atom stereocenters. The van der Waals surface area contributed by atoms with Crippen molar-refractivity contribution in [2.24, 2.45) is 0 Å². The van der Waals surface area contributed by atoms with Gasteiger partial charge in [-0.25, -0.2) is 0 Å². The zero-order chi connectivity index (χ0) is 21.8. The second kappa shape index (κ2) is 9.29. The summed E-state index contributed by atoms with van der Waals surface area (Å²) in [6.45, 7) is 7.30. The van der Waals surface area contributed by atoms with E-state index < -0.39 is 0 Å². The minimum Gasteiger partial charge on any atom is -0.454 e. The summed E-state index contributed by atoms with van der Waals surface area (Å²) in [7, 11) is 0. The summed E-state index contributed by atoms with van der Waals surface area (Å²) in [6.07, 6.45) is 3.47. The van der Waals surface area contributed by atoms with Crippen LogP contribution in [0.3, 0.4) is 0 Å². The number of rotatable bonds is 6. The Morgan fingerprint density at radius 1 is 0.968 bits per heavy atom. The second-order valence-corrected chi connectivity index (χ2v) is 7.78. The number of carbonyl (C=O) groups is 2. The Kier molecular flexibility index (Phi) is 6.30. The lowest BCUT2D eigenvalue weighted by atomic mass is 10.0. The first-order valence-electron chi connectivity index (χ1n) is 11.0. The molecule has 0 aromatic heterocycles. The van der Waals surface area contributed by atoms with E-state index in [0.717, 1.165) is 31.6 Å². The number of ether oxygens (including phenoxy) is 2. The number of fused-ring (bicyclic) bond motifs is 1. The number of carbonyl (C=O) groups excluding carboxylic acids is 2. The predicted molar refractivity (Wildman–Crippen MR) is 120 cm³/mol. The van der Waals surface area contributed by atoms with Crippen LogP contribution in [0.2, 0.25) is 0 Å². The largest absolute Gasteiger partial charge is 0.454 e. The molecule has 4 rings (SSSR count). The normalized spacial score (nSPS) is 15.0. The molecule has 2 heterocycles. The molecule has 0 bridgehead atoms. The van der Waals surface area contributed by atoms with Crippen LogP contribution >= 0.6 is 0 Å². The Hall–Kier alpha value is -3.22. The van der Waals surface area contributed by atoms with E-state index in [9.17, 15) is 9.59 Å². The minimum atomic E-state index is -0.259. The van der Waals surface area contributed by atoms with Crippen molar-refractivity contribution in [3.63, 3.8) is 0 Å². The Morgan fingerprint density at radius 3 is 2.45 bits per heavy atom. The molecule has 0 aliphatic carbocycles. The summed E-state index contributed by atoms with van der Waals surface area (Å²) >= 11 is 0. The summed E-state index contributed by atoms with van der Waals surface area (Å²) in [6, 6.07) is 10.7. The number of piperidine rings is 1. The zero-order valence-electron chi connectivity index (χ0n) is 18.1. The Balaban J connectivity index is 1.61. The number of benzene rings is 2.